The largest absolute Gasteiger partial charge is 0.234 e. The van der Waals surface area contributed by atoms with Gasteiger partial charge in [0.25, 0.3) is 0 Å². The third-order valence-electron chi connectivity index (χ3n) is 3.25. The molecule has 0 aliphatic carbocycles. The van der Waals surface area contributed by atoms with Crippen LogP contribution in [0.15, 0.2) is 53.5 Å². The van der Waals surface area contributed by atoms with Crippen LogP contribution in [0.1, 0.15) is 0 Å². The van der Waals surface area contributed by atoms with Gasteiger partial charge in [-0.2, -0.15) is 0 Å². The van der Waals surface area contributed by atoms with Crippen LogP contribution in [0.3, 0.4) is 0 Å². The first-order valence-corrected chi connectivity index (χ1v) is 7.17. The Morgan fingerprint density at radius 2 is 1.90 bits per heavy atom. The Bertz CT molecular complexity index is 952. The number of aliphatic imine (C=N–C) groups is 1. The molecular formula is C17H10N2S. The van der Waals surface area contributed by atoms with E-state index < -0.39 is 0 Å². The van der Waals surface area contributed by atoms with E-state index in [1.165, 1.54) is 10.8 Å². The molecule has 0 atom stereocenters. The summed E-state index contributed by atoms with van der Waals surface area (Å²) in [6.45, 7) is 0. The topological polar surface area (TPSA) is 25.2 Å². The highest BCUT2D eigenvalue weighted by Gasteiger charge is 2.05. The summed E-state index contributed by atoms with van der Waals surface area (Å²) in [5.74, 6) is 2.82. The molecule has 0 fully saturated rings. The monoisotopic (exact) mass is 274 g/mol. The summed E-state index contributed by atoms with van der Waals surface area (Å²) in [6.07, 6.45) is 5.59. The summed E-state index contributed by atoms with van der Waals surface area (Å²) < 4.78 is 1.13. The Morgan fingerprint density at radius 1 is 1.00 bits per heavy atom. The molecular weight excluding hydrogens is 264 g/mol. The first-order chi connectivity index (χ1) is 9.90. The summed E-state index contributed by atoms with van der Waals surface area (Å²) in [5.41, 5.74) is 1.15. The lowest BCUT2D eigenvalue weighted by Gasteiger charge is -2.00. The van der Waals surface area contributed by atoms with Crippen LogP contribution >= 0.6 is 11.3 Å². The van der Waals surface area contributed by atoms with Crippen molar-refractivity contribution in [1.29, 1.82) is 0 Å². The molecule has 2 aromatic carbocycles. The van der Waals surface area contributed by atoms with Gasteiger partial charge in [0.1, 0.15) is 10.4 Å². The number of rotatable bonds is 1. The van der Waals surface area contributed by atoms with E-state index in [1.54, 1.807) is 17.5 Å². The van der Waals surface area contributed by atoms with E-state index in [0.717, 1.165) is 20.5 Å². The minimum Gasteiger partial charge on any atom is -0.234 e. The molecule has 1 aromatic heterocycles. The molecule has 2 heterocycles. The van der Waals surface area contributed by atoms with Gasteiger partial charge >= 0.3 is 0 Å². The molecule has 4 rings (SSSR count). The molecule has 0 saturated carbocycles. The number of allylic oxidation sites excluding steroid dienone is 1. The molecule has 0 radical (unpaired) electrons. The molecule has 1 aliphatic rings. The zero-order valence-corrected chi connectivity index (χ0v) is 11.4. The number of aromatic nitrogens is 1. The van der Waals surface area contributed by atoms with E-state index in [0.29, 0.717) is 0 Å². The van der Waals surface area contributed by atoms with Crippen molar-refractivity contribution in [1.82, 2.24) is 4.98 Å². The maximum atomic E-state index is 4.67. The second-order valence-electron chi connectivity index (χ2n) is 4.55. The Hall–Kier alpha value is -2.48. The van der Waals surface area contributed by atoms with Crippen molar-refractivity contribution in [3.8, 4) is 10.6 Å². The van der Waals surface area contributed by atoms with Crippen LogP contribution in [0.2, 0.25) is 0 Å². The second-order valence-corrected chi connectivity index (χ2v) is 5.58. The van der Waals surface area contributed by atoms with Crippen molar-refractivity contribution in [3.05, 3.63) is 58.4 Å². The van der Waals surface area contributed by atoms with Crippen LogP contribution < -0.4 is 9.88 Å². The molecule has 2 nitrogen and oxygen atoms in total. The molecule has 0 bridgehead atoms. The van der Waals surface area contributed by atoms with Gasteiger partial charge in [0.2, 0.25) is 0 Å². The van der Waals surface area contributed by atoms with Gasteiger partial charge in [-0.1, -0.05) is 36.4 Å². The maximum absolute atomic E-state index is 4.67. The lowest BCUT2D eigenvalue weighted by Crippen LogP contribution is -2.19. The van der Waals surface area contributed by atoms with E-state index in [2.05, 4.69) is 58.3 Å². The fourth-order valence-electron chi connectivity index (χ4n) is 2.26. The van der Waals surface area contributed by atoms with Crippen LogP contribution in [0.4, 0.5) is 0 Å². The van der Waals surface area contributed by atoms with E-state index in [1.807, 2.05) is 12.2 Å². The average Bonchev–Trinajstić information content (AvgIpc) is 2.78. The van der Waals surface area contributed by atoms with Gasteiger partial charge in [-0.3, -0.25) is 0 Å². The van der Waals surface area contributed by atoms with E-state index >= 15 is 0 Å². The third kappa shape index (κ3) is 1.90. The van der Waals surface area contributed by atoms with Gasteiger partial charge in [-0.05, 0) is 28.8 Å². The Balaban J connectivity index is 1.92. The van der Waals surface area contributed by atoms with E-state index in [-0.39, 0.29) is 0 Å². The number of fused-ring (bicyclic) bond motifs is 2. The lowest BCUT2D eigenvalue weighted by molar-refractivity contribution is 1.31. The molecule has 1 aliphatic heterocycles. The summed E-state index contributed by atoms with van der Waals surface area (Å²) in [4.78, 5) is 8.72. The minimum atomic E-state index is 0.916. The van der Waals surface area contributed by atoms with E-state index in [9.17, 15) is 0 Å². The fraction of sp³-hybridized carbons (Fsp3) is 0. The number of benzene rings is 2. The number of hydrogen-bond donors (Lipinski definition) is 0. The smallest absolute Gasteiger partial charge is 0.124 e. The zero-order valence-electron chi connectivity index (χ0n) is 10.6. The van der Waals surface area contributed by atoms with Gasteiger partial charge in [-0.25, -0.2) is 9.98 Å². The van der Waals surface area contributed by atoms with Crippen molar-refractivity contribution < 1.29 is 0 Å². The lowest BCUT2D eigenvalue weighted by atomic mass is 10.1. The number of thiazole rings is 1. The highest BCUT2D eigenvalue weighted by Crippen LogP contribution is 2.23. The van der Waals surface area contributed by atoms with Crippen molar-refractivity contribution in [2.45, 2.75) is 0 Å². The van der Waals surface area contributed by atoms with Crippen molar-refractivity contribution >= 4 is 40.3 Å². The van der Waals surface area contributed by atoms with Crippen LogP contribution in [0.25, 0.3) is 33.6 Å². The van der Waals surface area contributed by atoms with Crippen LogP contribution in [0.5, 0.6) is 0 Å². The highest BCUT2D eigenvalue weighted by atomic mass is 32.1. The molecule has 0 spiro atoms. The van der Waals surface area contributed by atoms with Gasteiger partial charge in [-0.15, -0.1) is 11.3 Å². The van der Waals surface area contributed by atoms with Crippen molar-refractivity contribution in [2.75, 3.05) is 0 Å². The first-order valence-electron chi connectivity index (χ1n) is 6.35. The molecule has 3 heteroatoms. The predicted octanol–water partition coefficient (Wildman–Crippen LogP) is 2.72. The standard InChI is InChI=1S/C17H10N2S/c1-2-5-13-10-14(8-7-12(13)4-1)17-19-15-11-18-9-3-6-16(15)20-17/h1-8,10-11H. The molecule has 20 heavy (non-hydrogen) atoms. The number of nitrogens with zero attached hydrogens (tertiary/aromatic N) is 2. The quantitative estimate of drug-likeness (QED) is 0.670. The fourth-order valence-corrected chi connectivity index (χ4v) is 3.19. The molecule has 94 valence electrons. The van der Waals surface area contributed by atoms with Crippen molar-refractivity contribution in [3.63, 3.8) is 0 Å². The third-order valence-corrected chi connectivity index (χ3v) is 4.33. The van der Waals surface area contributed by atoms with Gasteiger partial charge < -0.3 is 0 Å². The zero-order chi connectivity index (χ0) is 13.4. The normalized spacial score (nSPS) is 12.6. The summed E-state index contributed by atoms with van der Waals surface area (Å²) in [6, 6.07) is 14.8. The number of hydrogen-bond acceptors (Lipinski definition) is 3. The first kappa shape index (κ1) is 11.4. The summed E-state index contributed by atoms with van der Waals surface area (Å²) in [7, 11) is 0. The van der Waals surface area contributed by atoms with E-state index in [4.69, 9.17) is 0 Å². The van der Waals surface area contributed by atoms with Gasteiger partial charge in [0, 0.05) is 11.6 Å². The van der Waals surface area contributed by atoms with Crippen LogP contribution in [-0.4, -0.2) is 10.9 Å². The molecule has 0 unspecified atom stereocenters. The summed E-state index contributed by atoms with van der Waals surface area (Å²) >= 11 is 1.68. The minimum absolute atomic E-state index is 0.916. The van der Waals surface area contributed by atoms with Crippen LogP contribution in [0, 0.1) is 0 Å². The molecule has 3 aromatic rings. The second kappa shape index (κ2) is 4.57. The molecule has 0 saturated heterocycles. The Morgan fingerprint density at radius 3 is 2.85 bits per heavy atom. The SMILES string of the molecule is C1=CC=c2sc(-c3ccc4ccccc4c3)nc2=CN=1. The molecule has 0 N–H and O–H groups in total. The molecule has 0 amide bonds. The van der Waals surface area contributed by atoms with Gasteiger partial charge in [0.05, 0.1) is 10.7 Å². The Kier molecular flexibility index (Phi) is 2.59. The van der Waals surface area contributed by atoms with Crippen molar-refractivity contribution in [2.24, 2.45) is 4.99 Å². The Labute approximate surface area is 119 Å². The van der Waals surface area contributed by atoms with Gasteiger partial charge in [0.15, 0.2) is 0 Å². The highest BCUT2D eigenvalue weighted by molar-refractivity contribution is 7.13. The van der Waals surface area contributed by atoms with Crippen LogP contribution in [-0.2, 0) is 0 Å². The average molecular weight is 274 g/mol. The maximum Gasteiger partial charge on any atom is 0.124 e. The predicted molar refractivity (Wildman–Crippen MR) is 85.2 cm³/mol. The summed E-state index contributed by atoms with van der Waals surface area (Å²) in [5, 5.41) is 4.43.